The zero-order valence-electron chi connectivity index (χ0n) is 10.1. The third kappa shape index (κ3) is 3.72. The molecule has 2 rings (SSSR count). The minimum Gasteiger partial charge on any atom is -0.480 e. The van der Waals surface area contributed by atoms with Crippen LogP contribution < -0.4 is 5.32 Å². The van der Waals surface area contributed by atoms with Crippen molar-refractivity contribution in [2.75, 3.05) is 5.32 Å². The van der Waals surface area contributed by atoms with Gasteiger partial charge >= 0.3 is 5.97 Å². The summed E-state index contributed by atoms with van der Waals surface area (Å²) in [5, 5.41) is 20.6. The molecular formula is C12H12FN3O2S. The zero-order valence-corrected chi connectivity index (χ0v) is 10.9. The van der Waals surface area contributed by atoms with Crippen LogP contribution in [-0.2, 0) is 11.2 Å². The molecule has 0 saturated heterocycles. The molecule has 5 nitrogen and oxygen atoms in total. The number of nitrogens with zero attached hydrogens (tertiary/aromatic N) is 2. The van der Waals surface area contributed by atoms with E-state index in [4.69, 9.17) is 5.11 Å². The van der Waals surface area contributed by atoms with E-state index in [1.54, 1.807) is 12.1 Å². The Bertz CT molecular complexity index is 571. The van der Waals surface area contributed by atoms with Gasteiger partial charge in [0.15, 0.2) is 0 Å². The quantitative estimate of drug-likeness (QED) is 0.878. The van der Waals surface area contributed by atoms with E-state index in [9.17, 15) is 9.18 Å². The summed E-state index contributed by atoms with van der Waals surface area (Å²) < 4.78 is 12.8. The Labute approximate surface area is 113 Å². The van der Waals surface area contributed by atoms with Crippen molar-refractivity contribution < 1.29 is 14.3 Å². The van der Waals surface area contributed by atoms with Crippen molar-refractivity contribution >= 4 is 22.4 Å². The molecule has 7 heteroatoms. The number of aliphatic carboxylic acids is 1. The number of carboxylic acid groups (broad SMARTS) is 1. The van der Waals surface area contributed by atoms with Crippen molar-refractivity contribution in [2.24, 2.45) is 0 Å². The molecule has 0 aliphatic carbocycles. The third-order valence-electron chi connectivity index (χ3n) is 2.45. The van der Waals surface area contributed by atoms with Crippen LogP contribution in [0.4, 0.5) is 9.52 Å². The molecule has 1 atom stereocenters. The molecule has 1 unspecified atom stereocenters. The first kappa shape index (κ1) is 13.4. The number of carbonyl (C=O) groups is 1. The summed E-state index contributed by atoms with van der Waals surface area (Å²) in [4.78, 5) is 10.7. The van der Waals surface area contributed by atoms with Crippen LogP contribution >= 0.6 is 11.3 Å². The average molecular weight is 281 g/mol. The Morgan fingerprint density at radius 3 is 2.74 bits per heavy atom. The number of halogens is 1. The van der Waals surface area contributed by atoms with Crippen molar-refractivity contribution in [3.05, 3.63) is 40.7 Å². The van der Waals surface area contributed by atoms with E-state index in [0.29, 0.717) is 11.6 Å². The number of aromatic nitrogens is 2. The van der Waals surface area contributed by atoms with Gasteiger partial charge in [-0.15, -0.1) is 10.2 Å². The Hall–Kier alpha value is -2.02. The number of hydrogen-bond acceptors (Lipinski definition) is 5. The molecule has 0 fully saturated rings. The molecule has 0 bridgehead atoms. The summed E-state index contributed by atoms with van der Waals surface area (Å²) in [6.45, 7) is 1.53. The van der Waals surface area contributed by atoms with Gasteiger partial charge in [-0.2, -0.15) is 0 Å². The highest BCUT2D eigenvalue weighted by atomic mass is 32.1. The van der Waals surface area contributed by atoms with E-state index < -0.39 is 12.0 Å². The van der Waals surface area contributed by atoms with E-state index in [0.717, 1.165) is 10.6 Å². The zero-order chi connectivity index (χ0) is 13.8. The highest BCUT2D eigenvalue weighted by Gasteiger charge is 2.13. The number of nitrogens with one attached hydrogen (secondary N) is 1. The molecule has 0 aliphatic rings. The van der Waals surface area contributed by atoms with Gasteiger partial charge in [-0.1, -0.05) is 23.5 Å². The molecule has 0 aliphatic heterocycles. The van der Waals surface area contributed by atoms with Crippen molar-refractivity contribution in [1.29, 1.82) is 0 Å². The highest BCUT2D eigenvalue weighted by molar-refractivity contribution is 7.15. The lowest BCUT2D eigenvalue weighted by Crippen LogP contribution is -2.25. The van der Waals surface area contributed by atoms with Crippen LogP contribution in [0.3, 0.4) is 0 Å². The number of hydrogen-bond donors (Lipinski definition) is 2. The summed E-state index contributed by atoms with van der Waals surface area (Å²) in [6, 6.07) is 5.43. The van der Waals surface area contributed by atoms with Gasteiger partial charge in [0.05, 0.1) is 0 Å². The van der Waals surface area contributed by atoms with Gasteiger partial charge in [-0.25, -0.2) is 4.39 Å². The molecule has 2 N–H and O–H groups in total. The average Bonchev–Trinajstić information content (AvgIpc) is 2.79. The van der Waals surface area contributed by atoms with Gasteiger partial charge in [0.1, 0.15) is 16.9 Å². The normalized spacial score (nSPS) is 12.1. The molecule has 1 heterocycles. The molecule has 100 valence electrons. The molecule has 0 amide bonds. The van der Waals surface area contributed by atoms with Crippen LogP contribution in [0.5, 0.6) is 0 Å². The summed E-state index contributed by atoms with van der Waals surface area (Å²) in [5.74, 6) is -1.23. The van der Waals surface area contributed by atoms with Gasteiger partial charge in [0.25, 0.3) is 0 Å². The predicted octanol–water partition coefficient (Wildman–Crippen LogP) is 2.15. The van der Waals surface area contributed by atoms with Crippen molar-refractivity contribution in [2.45, 2.75) is 19.4 Å². The first-order valence-electron chi connectivity index (χ1n) is 5.61. The standard InChI is InChI=1S/C12H12FN3O2S/c1-7(11(17)18)14-12-16-15-10(19-12)6-8-2-4-9(13)5-3-8/h2-5,7H,6H2,1H3,(H,14,16)(H,17,18). The smallest absolute Gasteiger partial charge is 0.325 e. The fourth-order valence-corrected chi connectivity index (χ4v) is 2.27. The van der Waals surface area contributed by atoms with Crippen LogP contribution in [0.1, 0.15) is 17.5 Å². The van der Waals surface area contributed by atoms with Crippen molar-refractivity contribution in [3.8, 4) is 0 Å². The summed E-state index contributed by atoms with van der Waals surface area (Å²) in [7, 11) is 0. The molecular weight excluding hydrogens is 269 g/mol. The minimum atomic E-state index is -0.949. The number of carboxylic acids is 1. The Morgan fingerprint density at radius 1 is 1.42 bits per heavy atom. The second kappa shape index (κ2) is 5.75. The maximum Gasteiger partial charge on any atom is 0.325 e. The molecule has 19 heavy (non-hydrogen) atoms. The van der Waals surface area contributed by atoms with Gasteiger partial charge in [0.2, 0.25) is 5.13 Å². The summed E-state index contributed by atoms with van der Waals surface area (Å²) in [5.41, 5.74) is 0.926. The molecule has 1 aromatic carbocycles. The van der Waals surface area contributed by atoms with Gasteiger partial charge in [-0.3, -0.25) is 4.79 Å². The maximum atomic E-state index is 12.8. The topological polar surface area (TPSA) is 75.1 Å². The number of anilines is 1. The van der Waals surface area contributed by atoms with Crippen molar-refractivity contribution in [1.82, 2.24) is 10.2 Å². The Kier molecular flexibility index (Phi) is 4.06. The van der Waals surface area contributed by atoms with Crippen LogP contribution in [-0.4, -0.2) is 27.3 Å². The number of benzene rings is 1. The van der Waals surface area contributed by atoms with Gasteiger partial charge in [0, 0.05) is 6.42 Å². The van der Waals surface area contributed by atoms with E-state index >= 15 is 0 Å². The van der Waals surface area contributed by atoms with Crippen LogP contribution in [0, 0.1) is 5.82 Å². The monoisotopic (exact) mass is 281 g/mol. The van der Waals surface area contributed by atoms with Crippen LogP contribution in [0.15, 0.2) is 24.3 Å². The molecule has 0 saturated carbocycles. The molecule has 0 spiro atoms. The van der Waals surface area contributed by atoms with Gasteiger partial charge < -0.3 is 10.4 Å². The maximum absolute atomic E-state index is 12.8. The summed E-state index contributed by atoms with van der Waals surface area (Å²) >= 11 is 1.29. The third-order valence-corrected chi connectivity index (χ3v) is 3.30. The lowest BCUT2D eigenvalue weighted by atomic mass is 10.2. The fourth-order valence-electron chi connectivity index (χ4n) is 1.41. The second-order valence-electron chi connectivity index (χ2n) is 4.01. The van der Waals surface area contributed by atoms with Crippen LogP contribution in [0.2, 0.25) is 0 Å². The lowest BCUT2D eigenvalue weighted by Gasteiger charge is -2.05. The number of rotatable bonds is 5. The first-order valence-corrected chi connectivity index (χ1v) is 6.42. The van der Waals surface area contributed by atoms with E-state index in [1.807, 2.05) is 0 Å². The predicted molar refractivity (Wildman–Crippen MR) is 69.8 cm³/mol. The molecule has 1 aromatic heterocycles. The second-order valence-corrected chi connectivity index (χ2v) is 5.07. The summed E-state index contributed by atoms with van der Waals surface area (Å²) in [6.07, 6.45) is 0.543. The SMILES string of the molecule is CC(Nc1nnc(Cc2ccc(F)cc2)s1)C(=O)O. The van der Waals surface area contributed by atoms with Crippen molar-refractivity contribution in [3.63, 3.8) is 0 Å². The fraction of sp³-hybridized carbons (Fsp3) is 0.250. The minimum absolute atomic E-state index is 0.279. The lowest BCUT2D eigenvalue weighted by molar-refractivity contribution is -0.137. The largest absolute Gasteiger partial charge is 0.480 e. The van der Waals surface area contributed by atoms with E-state index in [-0.39, 0.29) is 5.82 Å². The highest BCUT2D eigenvalue weighted by Crippen LogP contribution is 2.19. The van der Waals surface area contributed by atoms with Crippen LogP contribution in [0.25, 0.3) is 0 Å². The molecule has 2 aromatic rings. The Balaban J connectivity index is 2.01. The van der Waals surface area contributed by atoms with Gasteiger partial charge in [-0.05, 0) is 24.6 Å². The van der Waals surface area contributed by atoms with E-state index in [1.165, 1.54) is 30.4 Å². The first-order chi connectivity index (χ1) is 9.04. The van der Waals surface area contributed by atoms with E-state index in [2.05, 4.69) is 15.5 Å². The Morgan fingerprint density at radius 2 is 2.11 bits per heavy atom. The molecule has 0 radical (unpaired) electrons.